The van der Waals surface area contributed by atoms with Crippen LogP contribution in [0.1, 0.15) is 73.1 Å². The standard InChI is InChI=1S/C21H36N2O4/c1-6-27-20(26)15(22)9-7-8-10-23-16(11-14(2)3)19-17(24)12-21(4,5)13-18(19)25/h14-15,23H,6-13,22H2,1-5H3/t15-/m0/s1. The number of rotatable bonds is 10. The average Bonchev–Trinajstić information content (AvgIpc) is 2.51. The second-order valence-electron chi connectivity index (χ2n) is 8.60. The number of esters is 1. The first-order chi connectivity index (χ1) is 12.6. The van der Waals surface area contributed by atoms with Gasteiger partial charge >= 0.3 is 5.97 Å². The zero-order valence-electron chi connectivity index (χ0n) is 17.5. The molecule has 1 atom stereocenters. The van der Waals surface area contributed by atoms with Crippen LogP contribution in [0.15, 0.2) is 11.3 Å². The van der Waals surface area contributed by atoms with Crippen LogP contribution in [0.5, 0.6) is 0 Å². The summed E-state index contributed by atoms with van der Waals surface area (Å²) in [6.45, 7) is 10.8. The predicted octanol–water partition coefficient (Wildman–Crippen LogP) is 2.90. The zero-order valence-corrected chi connectivity index (χ0v) is 17.5. The number of hydrogen-bond acceptors (Lipinski definition) is 6. The topological polar surface area (TPSA) is 98.5 Å². The number of hydrogen-bond donors (Lipinski definition) is 2. The van der Waals surface area contributed by atoms with Gasteiger partial charge in [-0.1, -0.05) is 27.7 Å². The van der Waals surface area contributed by atoms with Crippen molar-refractivity contribution < 1.29 is 19.1 Å². The Balaban J connectivity index is 2.65. The Bertz CT molecular complexity index is 557. The van der Waals surface area contributed by atoms with Gasteiger partial charge in [0.15, 0.2) is 11.6 Å². The Kier molecular flexibility index (Phi) is 9.16. The molecule has 0 aromatic rings. The van der Waals surface area contributed by atoms with Gasteiger partial charge in [0, 0.05) is 25.1 Å². The zero-order chi connectivity index (χ0) is 20.6. The van der Waals surface area contributed by atoms with Crippen molar-refractivity contribution in [2.45, 2.75) is 79.2 Å². The number of nitrogens with two attached hydrogens (primary N) is 1. The van der Waals surface area contributed by atoms with E-state index < -0.39 is 6.04 Å². The van der Waals surface area contributed by atoms with Crippen molar-refractivity contribution in [1.29, 1.82) is 0 Å². The van der Waals surface area contributed by atoms with Crippen molar-refractivity contribution >= 4 is 17.5 Å². The van der Waals surface area contributed by atoms with Crippen LogP contribution < -0.4 is 11.1 Å². The quantitative estimate of drug-likeness (QED) is 0.262. The molecule has 0 heterocycles. The molecule has 0 spiro atoms. The molecule has 0 aromatic heterocycles. The molecule has 0 unspecified atom stereocenters. The predicted molar refractivity (Wildman–Crippen MR) is 106 cm³/mol. The van der Waals surface area contributed by atoms with Crippen molar-refractivity contribution in [1.82, 2.24) is 5.32 Å². The molecule has 0 aromatic carbocycles. The monoisotopic (exact) mass is 380 g/mol. The van der Waals surface area contributed by atoms with Gasteiger partial charge in [-0.25, -0.2) is 0 Å². The van der Waals surface area contributed by atoms with E-state index in [1.165, 1.54) is 0 Å². The van der Waals surface area contributed by atoms with Crippen molar-refractivity contribution in [3.63, 3.8) is 0 Å². The Labute approximate surface area is 163 Å². The first-order valence-electron chi connectivity index (χ1n) is 10.0. The van der Waals surface area contributed by atoms with Gasteiger partial charge in [-0.05, 0) is 43.9 Å². The number of carbonyl (C=O) groups is 3. The molecular weight excluding hydrogens is 344 g/mol. The molecule has 154 valence electrons. The number of ketones is 2. The van der Waals surface area contributed by atoms with E-state index in [1.807, 2.05) is 13.8 Å². The number of nitrogens with one attached hydrogen (secondary N) is 1. The third-order valence-electron chi connectivity index (χ3n) is 4.62. The summed E-state index contributed by atoms with van der Waals surface area (Å²) in [6.07, 6.45) is 3.62. The van der Waals surface area contributed by atoms with Crippen LogP contribution in [0.3, 0.4) is 0 Å². The maximum absolute atomic E-state index is 12.6. The second kappa shape index (κ2) is 10.6. The van der Waals surface area contributed by atoms with Crippen LogP contribution in [-0.2, 0) is 19.1 Å². The van der Waals surface area contributed by atoms with Gasteiger partial charge in [0.1, 0.15) is 6.04 Å². The van der Waals surface area contributed by atoms with E-state index in [1.54, 1.807) is 6.92 Å². The van der Waals surface area contributed by atoms with Gasteiger partial charge in [-0.3, -0.25) is 14.4 Å². The molecule has 0 saturated heterocycles. The first-order valence-corrected chi connectivity index (χ1v) is 10.0. The van der Waals surface area contributed by atoms with Crippen molar-refractivity contribution in [2.24, 2.45) is 17.1 Å². The van der Waals surface area contributed by atoms with Gasteiger partial charge in [0.2, 0.25) is 0 Å². The molecule has 1 fully saturated rings. The molecule has 0 aliphatic heterocycles. The minimum absolute atomic E-state index is 0.0521. The molecule has 6 nitrogen and oxygen atoms in total. The van der Waals surface area contributed by atoms with Crippen molar-refractivity contribution in [3.05, 3.63) is 11.3 Å². The Morgan fingerprint density at radius 1 is 1.19 bits per heavy atom. The molecule has 0 amide bonds. The Hall–Kier alpha value is -1.69. The van der Waals surface area contributed by atoms with E-state index in [0.29, 0.717) is 50.3 Å². The summed E-state index contributed by atoms with van der Waals surface area (Å²) >= 11 is 0. The Morgan fingerprint density at radius 3 is 2.30 bits per heavy atom. The SMILES string of the molecule is CCOC(=O)[C@@H](N)CCCCNC(CC(C)C)=C1C(=O)CC(C)(C)CC1=O. The lowest BCUT2D eigenvalue weighted by Crippen LogP contribution is -2.35. The van der Waals surface area contributed by atoms with E-state index in [0.717, 1.165) is 18.5 Å². The average molecular weight is 381 g/mol. The summed E-state index contributed by atoms with van der Waals surface area (Å²) in [5, 5.41) is 3.32. The normalized spacial score (nSPS) is 17.8. The van der Waals surface area contributed by atoms with Crippen LogP contribution >= 0.6 is 0 Å². The smallest absolute Gasteiger partial charge is 0.322 e. The Morgan fingerprint density at radius 2 is 1.78 bits per heavy atom. The highest BCUT2D eigenvalue weighted by molar-refractivity contribution is 6.22. The van der Waals surface area contributed by atoms with E-state index in [9.17, 15) is 14.4 Å². The largest absolute Gasteiger partial charge is 0.465 e. The van der Waals surface area contributed by atoms with Crippen LogP contribution in [0.25, 0.3) is 0 Å². The minimum atomic E-state index is -0.595. The van der Waals surface area contributed by atoms with Gasteiger partial charge in [0.25, 0.3) is 0 Å². The number of ether oxygens (including phenoxy) is 1. The maximum Gasteiger partial charge on any atom is 0.322 e. The molecule has 1 aliphatic carbocycles. The molecule has 1 saturated carbocycles. The summed E-state index contributed by atoms with van der Waals surface area (Å²) in [7, 11) is 0. The van der Waals surface area contributed by atoms with Crippen LogP contribution in [0, 0.1) is 11.3 Å². The van der Waals surface area contributed by atoms with Crippen LogP contribution in [0.4, 0.5) is 0 Å². The van der Waals surface area contributed by atoms with Crippen molar-refractivity contribution in [3.8, 4) is 0 Å². The summed E-state index contributed by atoms with van der Waals surface area (Å²) < 4.78 is 4.90. The number of carbonyl (C=O) groups excluding carboxylic acids is 3. The third kappa shape index (κ3) is 7.83. The van der Waals surface area contributed by atoms with Crippen LogP contribution in [0.2, 0.25) is 0 Å². The molecule has 0 radical (unpaired) electrons. The molecule has 1 aliphatic rings. The molecule has 1 rings (SSSR count). The lowest BCUT2D eigenvalue weighted by molar-refractivity contribution is -0.144. The fourth-order valence-electron chi connectivity index (χ4n) is 3.37. The van der Waals surface area contributed by atoms with Crippen molar-refractivity contribution in [2.75, 3.05) is 13.2 Å². The van der Waals surface area contributed by atoms with E-state index >= 15 is 0 Å². The molecule has 3 N–H and O–H groups in total. The molecular formula is C21H36N2O4. The van der Waals surface area contributed by atoms with Gasteiger partial charge in [-0.2, -0.15) is 0 Å². The summed E-state index contributed by atoms with van der Waals surface area (Å²) in [4.78, 5) is 36.7. The van der Waals surface area contributed by atoms with Gasteiger partial charge < -0.3 is 15.8 Å². The van der Waals surface area contributed by atoms with E-state index in [2.05, 4.69) is 19.2 Å². The van der Waals surface area contributed by atoms with E-state index in [4.69, 9.17) is 10.5 Å². The fraction of sp³-hybridized carbons (Fsp3) is 0.762. The maximum atomic E-state index is 12.6. The third-order valence-corrected chi connectivity index (χ3v) is 4.62. The molecule has 6 heteroatoms. The number of allylic oxidation sites excluding steroid dienone is 2. The fourth-order valence-corrected chi connectivity index (χ4v) is 3.37. The summed E-state index contributed by atoms with van der Waals surface area (Å²) in [5.74, 6) is -0.130. The summed E-state index contributed by atoms with van der Waals surface area (Å²) in [5.41, 5.74) is 6.67. The van der Waals surface area contributed by atoms with Gasteiger partial charge in [-0.15, -0.1) is 0 Å². The lowest BCUT2D eigenvalue weighted by atomic mass is 9.73. The number of unbranched alkanes of at least 4 members (excludes halogenated alkanes) is 1. The highest BCUT2D eigenvalue weighted by atomic mass is 16.5. The highest BCUT2D eigenvalue weighted by Gasteiger charge is 2.37. The lowest BCUT2D eigenvalue weighted by Gasteiger charge is -2.30. The molecule has 27 heavy (non-hydrogen) atoms. The van der Waals surface area contributed by atoms with E-state index in [-0.39, 0.29) is 23.0 Å². The molecule has 0 bridgehead atoms. The number of Topliss-reactive ketones (excluding diaryl/α,β-unsaturated/α-hetero) is 2. The second-order valence-corrected chi connectivity index (χ2v) is 8.60. The van der Waals surface area contributed by atoms with Crippen LogP contribution in [-0.4, -0.2) is 36.7 Å². The highest BCUT2D eigenvalue weighted by Crippen LogP contribution is 2.35. The summed E-state index contributed by atoms with van der Waals surface area (Å²) in [6, 6.07) is -0.595. The first kappa shape index (κ1) is 23.3. The van der Waals surface area contributed by atoms with Gasteiger partial charge in [0.05, 0.1) is 12.2 Å². The minimum Gasteiger partial charge on any atom is -0.465 e.